The van der Waals surface area contributed by atoms with Gasteiger partial charge in [-0.3, -0.25) is 0 Å². The molecule has 0 unspecified atom stereocenters. The topological polar surface area (TPSA) is 43.4 Å². The number of ether oxygens (including phenoxy) is 1. The van der Waals surface area contributed by atoms with Gasteiger partial charge < -0.3 is 9.53 Å². The molecule has 0 aliphatic heterocycles. The average molecular weight is 170 g/mol. The Kier molecular flexibility index (Phi) is 5.97. The van der Waals surface area contributed by atoms with Gasteiger partial charge in [-0.05, 0) is 20.3 Å². The van der Waals surface area contributed by atoms with Gasteiger partial charge in [0.25, 0.3) is 0 Å². The van der Waals surface area contributed by atoms with Gasteiger partial charge in [-0.2, -0.15) is 0 Å². The van der Waals surface area contributed by atoms with Gasteiger partial charge in [-0.15, -0.1) is 0 Å². The van der Waals surface area contributed by atoms with Crippen molar-refractivity contribution in [3.05, 3.63) is 11.6 Å². The molecule has 0 radical (unpaired) electrons. The maximum Gasteiger partial charge on any atom is 0.333 e. The number of allylic oxidation sites excluding steroid dienone is 1. The van der Waals surface area contributed by atoms with Gasteiger partial charge in [0.15, 0.2) is 0 Å². The Balaban J connectivity index is 3.51. The van der Waals surface area contributed by atoms with E-state index in [0.717, 1.165) is 6.29 Å². The minimum atomic E-state index is -0.302. The van der Waals surface area contributed by atoms with Crippen LogP contribution in [0.1, 0.15) is 26.7 Å². The third-order valence-electron chi connectivity index (χ3n) is 1.45. The van der Waals surface area contributed by atoms with Gasteiger partial charge in [0.2, 0.25) is 0 Å². The zero-order valence-corrected chi connectivity index (χ0v) is 7.50. The number of rotatable bonds is 5. The van der Waals surface area contributed by atoms with E-state index in [9.17, 15) is 9.59 Å². The third-order valence-corrected chi connectivity index (χ3v) is 1.45. The van der Waals surface area contributed by atoms with Gasteiger partial charge in [0.05, 0.1) is 6.61 Å². The summed E-state index contributed by atoms with van der Waals surface area (Å²) in [6.07, 6.45) is 3.56. The van der Waals surface area contributed by atoms with E-state index in [2.05, 4.69) is 0 Å². The van der Waals surface area contributed by atoms with Crippen molar-refractivity contribution in [3.63, 3.8) is 0 Å². The summed E-state index contributed by atoms with van der Waals surface area (Å²) in [6.45, 7) is 3.80. The number of hydrogen-bond donors (Lipinski definition) is 0. The van der Waals surface area contributed by atoms with E-state index in [4.69, 9.17) is 4.74 Å². The van der Waals surface area contributed by atoms with Crippen LogP contribution in [-0.2, 0) is 14.3 Å². The Morgan fingerprint density at radius 2 is 2.17 bits per heavy atom. The molecule has 0 amide bonds. The van der Waals surface area contributed by atoms with Crippen LogP contribution in [-0.4, -0.2) is 18.9 Å². The zero-order chi connectivity index (χ0) is 9.40. The van der Waals surface area contributed by atoms with Crippen molar-refractivity contribution in [2.75, 3.05) is 6.61 Å². The molecule has 0 fully saturated rings. The number of carbonyl (C=O) groups is 2. The van der Waals surface area contributed by atoms with Crippen LogP contribution < -0.4 is 0 Å². The van der Waals surface area contributed by atoms with E-state index < -0.39 is 0 Å². The summed E-state index contributed by atoms with van der Waals surface area (Å²) < 4.78 is 4.83. The number of unbranched alkanes of at least 4 members (excludes halogenated alkanes) is 1. The molecular weight excluding hydrogens is 156 g/mol. The van der Waals surface area contributed by atoms with E-state index in [1.807, 2.05) is 0 Å². The molecule has 0 atom stereocenters. The molecule has 0 heterocycles. The lowest BCUT2D eigenvalue weighted by Crippen LogP contribution is -2.06. The first-order valence-electron chi connectivity index (χ1n) is 3.96. The van der Waals surface area contributed by atoms with Crippen molar-refractivity contribution in [2.24, 2.45) is 0 Å². The standard InChI is InChI=1S/C9H14O3/c1-3-8(2)9(11)12-7-5-4-6-10/h3,6H,4-5,7H2,1-2H3. The summed E-state index contributed by atoms with van der Waals surface area (Å²) in [5, 5.41) is 0. The molecule has 0 aromatic rings. The Labute approximate surface area is 72.4 Å². The first-order valence-corrected chi connectivity index (χ1v) is 3.96. The second-order valence-electron chi connectivity index (χ2n) is 2.42. The summed E-state index contributed by atoms with van der Waals surface area (Å²) in [5.74, 6) is -0.302. The molecule has 0 rings (SSSR count). The van der Waals surface area contributed by atoms with Crippen LogP contribution in [0.4, 0.5) is 0 Å². The van der Waals surface area contributed by atoms with E-state index in [1.54, 1.807) is 19.9 Å². The second-order valence-corrected chi connectivity index (χ2v) is 2.42. The number of esters is 1. The van der Waals surface area contributed by atoms with E-state index in [-0.39, 0.29) is 5.97 Å². The summed E-state index contributed by atoms with van der Waals surface area (Å²) >= 11 is 0. The third kappa shape index (κ3) is 4.66. The van der Waals surface area contributed by atoms with Crippen molar-refractivity contribution < 1.29 is 14.3 Å². The molecule has 0 N–H and O–H groups in total. The predicted octanol–water partition coefficient (Wildman–Crippen LogP) is 1.47. The van der Waals surface area contributed by atoms with Crippen molar-refractivity contribution in [3.8, 4) is 0 Å². The fourth-order valence-corrected chi connectivity index (χ4v) is 0.563. The van der Waals surface area contributed by atoms with Crippen LogP contribution in [0.3, 0.4) is 0 Å². The van der Waals surface area contributed by atoms with Crippen molar-refractivity contribution in [2.45, 2.75) is 26.7 Å². The maximum absolute atomic E-state index is 11.0. The molecule has 3 heteroatoms. The van der Waals surface area contributed by atoms with Crippen molar-refractivity contribution >= 4 is 12.3 Å². The van der Waals surface area contributed by atoms with Crippen LogP contribution in [0.25, 0.3) is 0 Å². The molecule has 3 nitrogen and oxygen atoms in total. The predicted molar refractivity (Wildman–Crippen MR) is 45.7 cm³/mol. The van der Waals surface area contributed by atoms with E-state index in [0.29, 0.717) is 25.0 Å². The molecule has 0 bridgehead atoms. The minimum absolute atomic E-state index is 0.302. The first-order chi connectivity index (χ1) is 5.72. The van der Waals surface area contributed by atoms with E-state index >= 15 is 0 Å². The van der Waals surface area contributed by atoms with Crippen molar-refractivity contribution in [1.29, 1.82) is 0 Å². The van der Waals surface area contributed by atoms with E-state index in [1.165, 1.54) is 0 Å². The fourth-order valence-electron chi connectivity index (χ4n) is 0.563. The lowest BCUT2D eigenvalue weighted by molar-refractivity contribution is -0.139. The average Bonchev–Trinajstić information content (AvgIpc) is 2.10. The van der Waals surface area contributed by atoms with Crippen LogP contribution >= 0.6 is 0 Å². The Hall–Kier alpha value is -1.12. The molecule has 0 aliphatic rings. The fraction of sp³-hybridized carbons (Fsp3) is 0.556. The van der Waals surface area contributed by atoms with Crippen LogP contribution in [0, 0.1) is 0 Å². The lowest BCUT2D eigenvalue weighted by atomic mass is 10.3. The Morgan fingerprint density at radius 3 is 2.67 bits per heavy atom. The molecule has 0 aromatic heterocycles. The molecule has 0 spiro atoms. The maximum atomic E-state index is 11.0. The molecule has 0 aromatic carbocycles. The largest absolute Gasteiger partial charge is 0.462 e. The van der Waals surface area contributed by atoms with Gasteiger partial charge in [-0.25, -0.2) is 4.79 Å². The lowest BCUT2D eigenvalue weighted by Gasteiger charge is -2.01. The number of carbonyl (C=O) groups excluding carboxylic acids is 2. The minimum Gasteiger partial charge on any atom is -0.462 e. The highest BCUT2D eigenvalue weighted by atomic mass is 16.5. The number of hydrogen-bond acceptors (Lipinski definition) is 3. The van der Waals surface area contributed by atoms with Crippen LogP contribution in [0.5, 0.6) is 0 Å². The molecule has 0 aliphatic carbocycles. The Morgan fingerprint density at radius 1 is 1.50 bits per heavy atom. The summed E-state index contributed by atoms with van der Waals surface area (Å²) in [4.78, 5) is 20.8. The molecular formula is C9H14O3. The molecule has 0 saturated carbocycles. The van der Waals surface area contributed by atoms with Crippen molar-refractivity contribution in [1.82, 2.24) is 0 Å². The summed E-state index contributed by atoms with van der Waals surface area (Å²) in [6, 6.07) is 0. The van der Waals surface area contributed by atoms with Crippen LogP contribution in [0.2, 0.25) is 0 Å². The first kappa shape index (κ1) is 10.9. The second kappa shape index (κ2) is 6.58. The summed E-state index contributed by atoms with van der Waals surface area (Å²) in [5.41, 5.74) is 0.598. The van der Waals surface area contributed by atoms with Crippen LogP contribution in [0.15, 0.2) is 11.6 Å². The highest BCUT2D eigenvalue weighted by molar-refractivity contribution is 5.87. The smallest absolute Gasteiger partial charge is 0.333 e. The normalized spacial score (nSPS) is 11.0. The van der Waals surface area contributed by atoms with Gasteiger partial charge in [0, 0.05) is 12.0 Å². The Bertz CT molecular complexity index is 182. The highest BCUT2D eigenvalue weighted by Crippen LogP contribution is 1.97. The van der Waals surface area contributed by atoms with Gasteiger partial charge in [0.1, 0.15) is 6.29 Å². The number of aldehydes is 1. The highest BCUT2D eigenvalue weighted by Gasteiger charge is 2.02. The molecule has 12 heavy (non-hydrogen) atoms. The summed E-state index contributed by atoms with van der Waals surface area (Å²) in [7, 11) is 0. The van der Waals surface area contributed by atoms with Gasteiger partial charge in [-0.1, -0.05) is 6.08 Å². The zero-order valence-electron chi connectivity index (χ0n) is 7.50. The quantitative estimate of drug-likeness (QED) is 0.271. The SMILES string of the molecule is CC=C(C)C(=O)OCCCC=O. The molecule has 68 valence electrons. The van der Waals surface area contributed by atoms with Gasteiger partial charge >= 0.3 is 5.97 Å². The monoisotopic (exact) mass is 170 g/mol. The molecule has 0 saturated heterocycles.